The molecule has 0 spiro atoms. The van der Waals surface area contributed by atoms with Crippen LogP contribution in [0.15, 0.2) is 18.2 Å². The van der Waals surface area contributed by atoms with E-state index in [2.05, 4.69) is 0 Å². The van der Waals surface area contributed by atoms with Gasteiger partial charge < -0.3 is 10.2 Å². The summed E-state index contributed by atoms with van der Waals surface area (Å²) in [5.41, 5.74) is -2.42. The predicted octanol–water partition coefficient (Wildman–Crippen LogP) is 1.26. The van der Waals surface area contributed by atoms with E-state index in [4.69, 9.17) is 5.11 Å². The molecule has 5 heteroatoms. The molecule has 76 valence electrons. The molecular formula is C9H8F2O3. The molecule has 0 aliphatic heterocycles. The van der Waals surface area contributed by atoms with Gasteiger partial charge in [-0.3, -0.25) is 0 Å². The first kappa shape index (κ1) is 10.6. The summed E-state index contributed by atoms with van der Waals surface area (Å²) in [6.45, 7) is 0.988. The first-order chi connectivity index (χ1) is 6.35. The Morgan fingerprint density at radius 1 is 1.36 bits per heavy atom. The van der Waals surface area contributed by atoms with E-state index in [0.29, 0.717) is 6.07 Å². The Bertz CT molecular complexity index is 374. The molecule has 0 saturated carbocycles. The molecule has 3 nitrogen and oxygen atoms in total. The van der Waals surface area contributed by atoms with Gasteiger partial charge in [0.15, 0.2) is 17.2 Å². The first-order valence-corrected chi connectivity index (χ1v) is 3.77. The number of aliphatic hydroxyl groups is 1. The third-order valence-corrected chi connectivity index (χ3v) is 1.90. The minimum absolute atomic E-state index is 0.205. The minimum atomic E-state index is -2.21. The predicted molar refractivity (Wildman–Crippen MR) is 43.6 cm³/mol. The van der Waals surface area contributed by atoms with Crippen LogP contribution in [0, 0.1) is 11.6 Å². The maximum Gasteiger partial charge on any atom is 0.340 e. The minimum Gasteiger partial charge on any atom is -0.479 e. The van der Waals surface area contributed by atoms with Gasteiger partial charge >= 0.3 is 5.97 Å². The quantitative estimate of drug-likeness (QED) is 0.758. The van der Waals surface area contributed by atoms with E-state index in [0.717, 1.165) is 19.1 Å². The molecule has 0 saturated heterocycles. The summed E-state index contributed by atoms with van der Waals surface area (Å²) in [5, 5.41) is 18.0. The molecule has 0 fully saturated rings. The molecule has 2 N–H and O–H groups in total. The Morgan fingerprint density at radius 3 is 2.36 bits per heavy atom. The fraction of sp³-hybridized carbons (Fsp3) is 0.222. The van der Waals surface area contributed by atoms with Crippen molar-refractivity contribution in [2.45, 2.75) is 12.5 Å². The molecule has 0 radical (unpaired) electrons. The third-order valence-electron chi connectivity index (χ3n) is 1.90. The van der Waals surface area contributed by atoms with Crippen molar-refractivity contribution in [1.82, 2.24) is 0 Å². The number of rotatable bonds is 2. The molecule has 0 bridgehead atoms. The van der Waals surface area contributed by atoms with Crippen LogP contribution >= 0.6 is 0 Å². The Hall–Kier alpha value is -1.49. The van der Waals surface area contributed by atoms with Gasteiger partial charge in [0.25, 0.3) is 0 Å². The first-order valence-electron chi connectivity index (χ1n) is 3.77. The van der Waals surface area contributed by atoms with E-state index < -0.39 is 23.2 Å². The van der Waals surface area contributed by atoms with Gasteiger partial charge in [-0.1, -0.05) is 6.07 Å². The number of hydrogen-bond acceptors (Lipinski definition) is 2. The van der Waals surface area contributed by atoms with Crippen molar-refractivity contribution in [2.24, 2.45) is 0 Å². The van der Waals surface area contributed by atoms with E-state index in [1.54, 1.807) is 0 Å². The van der Waals surface area contributed by atoms with Crippen LogP contribution in [0.3, 0.4) is 0 Å². The summed E-state index contributed by atoms with van der Waals surface area (Å²) in [7, 11) is 0. The summed E-state index contributed by atoms with van der Waals surface area (Å²) in [4.78, 5) is 10.6. The molecule has 1 unspecified atom stereocenters. The number of carboxylic acid groups (broad SMARTS) is 1. The summed E-state index contributed by atoms with van der Waals surface area (Å²) >= 11 is 0. The zero-order chi connectivity index (χ0) is 10.9. The van der Waals surface area contributed by atoms with Gasteiger partial charge in [-0.05, 0) is 24.6 Å². The molecule has 1 rings (SSSR count). The van der Waals surface area contributed by atoms with Crippen molar-refractivity contribution >= 4 is 5.97 Å². The molecule has 14 heavy (non-hydrogen) atoms. The summed E-state index contributed by atoms with van der Waals surface area (Å²) in [5.74, 6) is -3.80. The summed E-state index contributed by atoms with van der Waals surface area (Å²) < 4.78 is 25.2. The van der Waals surface area contributed by atoms with Gasteiger partial charge in [-0.2, -0.15) is 0 Å². The topological polar surface area (TPSA) is 57.5 Å². The third kappa shape index (κ3) is 1.72. The van der Waals surface area contributed by atoms with E-state index in [1.165, 1.54) is 0 Å². The highest BCUT2D eigenvalue weighted by Gasteiger charge is 2.32. The Balaban J connectivity index is 3.21. The zero-order valence-electron chi connectivity index (χ0n) is 7.29. The van der Waals surface area contributed by atoms with E-state index >= 15 is 0 Å². The fourth-order valence-corrected chi connectivity index (χ4v) is 0.922. The zero-order valence-corrected chi connectivity index (χ0v) is 7.29. The van der Waals surface area contributed by atoms with Gasteiger partial charge in [0.05, 0.1) is 0 Å². The fourth-order valence-electron chi connectivity index (χ4n) is 0.922. The standard InChI is InChI=1S/C9H8F2O3/c1-9(14,8(12)13)5-2-3-6(10)7(11)4-5/h2-4,14H,1H3,(H,12,13). The largest absolute Gasteiger partial charge is 0.479 e. The van der Waals surface area contributed by atoms with Crippen molar-refractivity contribution in [3.63, 3.8) is 0 Å². The molecule has 0 aliphatic carbocycles. The van der Waals surface area contributed by atoms with Crippen LogP contribution in [-0.2, 0) is 10.4 Å². The number of halogens is 2. The molecule has 0 amide bonds. The Labute approximate surface area is 78.6 Å². The van der Waals surface area contributed by atoms with Crippen LogP contribution in [-0.4, -0.2) is 16.2 Å². The number of carboxylic acids is 1. The average Bonchev–Trinajstić information content (AvgIpc) is 2.09. The Kier molecular flexibility index (Phi) is 2.53. The SMILES string of the molecule is CC(O)(C(=O)O)c1ccc(F)c(F)c1. The molecule has 0 heterocycles. The van der Waals surface area contributed by atoms with Crippen LogP contribution in [0.5, 0.6) is 0 Å². The van der Waals surface area contributed by atoms with Crippen molar-refractivity contribution in [3.05, 3.63) is 35.4 Å². The van der Waals surface area contributed by atoms with Crippen molar-refractivity contribution in [2.75, 3.05) is 0 Å². The van der Waals surface area contributed by atoms with Crippen LogP contribution in [0.25, 0.3) is 0 Å². The lowest BCUT2D eigenvalue weighted by molar-refractivity contribution is -0.157. The lowest BCUT2D eigenvalue weighted by Gasteiger charge is -2.18. The number of hydrogen-bond donors (Lipinski definition) is 2. The second-order valence-corrected chi connectivity index (χ2v) is 3.01. The summed E-state index contributed by atoms with van der Waals surface area (Å²) in [6.07, 6.45) is 0. The van der Waals surface area contributed by atoms with E-state index in [1.807, 2.05) is 0 Å². The van der Waals surface area contributed by atoms with Crippen molar-refractivity contribution < 1.29 is 23.8 Å². The normalized spacial score (nSPS) is 14.9. The van der Waals surface area contributed by atoms with E-state index in [-0.39, 0.29) is 5.56 Å². The molecule has 1 atom stereocenters. The maximum atomic E-state index is 12.7. The van der Waals surface area contributed by atoms with Crippen LogP contribution in [0.4, 0.5) is 8.78 Å². The highest BCUT2D eigenvalue weighted by atomic mass is 19.2. The van der Waals surface area contributed by atoms with Gasteiger partial charge in [-0.15, -0.1) is 0 Å². The lowest BCUT2D eigenvalue weighted by atomic mass is 9.96. The number of aliphatic carboxylic acids is 1. The molecule has 1 aromatic carbocycles. The highest BCUT2D eigenvalue weighted by Crippen LogP contribution is 2.22. The van der Waals surface area contributed by atoms with Crippen LogP contribution in [0.2, 0.25) is 0 Å². The Morgan fingerprint density at radius 2 is 1.93 bits per heavy atom. The molecule has 1 aromatic rings. The second-order valence-electron chi connectivity index (χ2n) is 3.01. The number of benzene rings is 1. The number of carbonyl (C=O) groups is 1. The van der Waals surface area contributed by atoms with E-state index in [9.17, 15) is 18.7 Å². The molecule has 0 aliphatic rings. The summed E-state index contributed by atoms with van der Waals surface area (Å²) in [6, 6.07) is 2.44. The van der Waals surface area contributed by atoms with Gasteiger partial charge in [-0.25, -0.2) is 13.6 Å². The van der Waals surface area contributed by atoms with Crippen molar-refractivity contribution in [3.8, 4) is 0 Å². The van der Waals surface area contributed by atoms with Gasteiger partial charge in [0.1, 0.15) is 0 Å². The average molecular weight is 202 g/mol. The highest BCUT2D eigenvalue weighted by molar-refractivity contribution is 5.78. The lowest BCUT2D eigenvalue weighted by Crippen LogP contribution is -2.31. The molecule has 0 aromatic heterocycles. The second kappa shape index (κ2) is 3.34. The van der Waals surface area contributed by atoms with Gasteiger partial charge in [0, 0.05) is 0 Å². The monoisotopic (exact) mass is 202 g/mol. The van der Waals surface area contributed by atoms with Crippen molar-refractivity contribution in [1.29, 1.82) is 0 Å². The molecular weight excluding hydrogens is 194 g/mol. The van der Waals surface area contributed by atoms with Crippen LogP contribution < -0.4 is 0 Å². The maximum absolute atomic E-state index is 12.7. The van der Waals surface area contributed by atoms with Gasteiger partial charge in [0.2, 0.25) is 0 Å². The van der Waals surface area contributed by atoms with Crippen LogP contribution in [0.1, 0.15) is 12.5 Å². The smallest absolute Gasteiger partial charge is 0.340 e.